The van der Waals surface area contributed by atoms with Crippen LogP contribution in [0.1, 0.15) is 26.7 Å². The van der Waals surface area contributed by atoms with E-state index >= 15 is 0 Å². The number of hydrogen-bond donors (Lipinski definition) is 1. The molecule has 0 spiro atoms. The summed E-state index contributed by atoms with van der Waals surface area (Å²) in [5, 5.41) is 3.26. The SMILES string of the molecule is CCCNC(CC)CS(=O)(=O)c1ccccc1OC. The molecule has 108 valence electrons. The lowest BCUT2D eigenvalue weighted by molar-refractivity contribution is 0.402. The number of para-hydroxylation sites is 1. The summed E-state index contributed by atoms with van der Waals surface area (Å²) >= 11 is 0. The molecule has 0 aliphatic rings. The molecule has 0 aliphatic carbocycles. The first-order valence-electron chi connectivity index (χ1n) is 6.64. The van der Waals surface area contributed by atoms with E-state index in [1.807, 2.05) is 6.92 Å². The van der Waals surface area contributed by atoms with E-state index in [2.05, 4.69) is 12.2 Å². The van der Waals surface area contributed by atoms with Crippen molar-refractivity contribution in [3.05, 3.63) is 24.3 Å². The number of rotatable bonds is 8. The zero-order valence-electron chi connectivity index (χ0n) is 11.8. The minimum Gasteiger partial charge on any atom is -0.495 e. The first-order chi connectivity index (χ1) is 9.05. The summed E-state index contributed by atoms with van der Waals surface area (Å²) in [4.78, 5) is 0.272. The first kappa shape index (κ1) is 16.0. The molecule has 5 heteroatoms. The quantitative estimate of drug-likeness (QED) is 0.796. The minimum absolute atomic E-state index is 0.0186. The summed E-state index contributed by atoms with van der Waals surface area (Å²) in [5.74, 6) is 0.511. The first-order valence-corrected chi connectivity index (χ1v) is 8.29. The van der Waals surface area contributed by atoms with Crippen molar-refractivity contribution < 1.29 is 13.2 Å². The predicted octanol–water partition coefficient (Wildman–Crippen LogP) is 2.25. The van der Waals surface area contributed by atoms with E-state index in [-0.39, 0.29) is 16.7 Å². The molecule has 1 rings (SSSR count). The molecular weight excluding hydrogens is 262 g/mol. The lowest BCUT2D eigenvalue weighted by Gasteiger charge is -2.17. The molecule has 1 unspecified atom stereocenters. The van der Waals surface area contributed by atoms with Gasteiger partial charge in [0.15, 0.2) is 9.84 Å². The monoisotopic (exact) mass is 285 g/mol. The summed E-state index contributed by atoms with van der Waals surface area (Å²) in [6.07, 6.45) is 1.78. The Kier molecular flexibility index (Phi) is 6.31. The molecule has 1 aromatic carbocycles. The van der Waals surface area contributed by atoms with Crippen LogP contribution in [0.4, 0.5) is 0 Å². The van der Waals surface area contributed by atoms with E-state index in [4.69, 9.17) is 4.74 Å². The van der Waals surface area contributed by atoms with Crippen molar-refractivity contribution in [1.29, 1.82) is 0 Å². The summed E-state index contributed by atoms with van der Waals surface area (Å²) in [6, 6.07) is 6.74. The zero-order valence-corrected chi connectivity index (χ0v) is 12.7. The number of nitrogens with one attached hydrogen (secondary N) is 1. The van der Waals surface area contributed by atoms with Crippen molar-refractivity contribution in [2.24, 2.45) is 0 Å². The highest BCUT2D eigenvalue weighted by atomic mass is 32.2. The lowest BCUT2D eigenvalue weighted by atomic mass is 10.2. The number of sulfone groups is 1. The fraction of sp³-hybridized carbons (Fsp3) is 0.571. The highest BCUT2D eigenvalue weighted by Crippen LogP contribution is 2.24. The minimum atomic E-state index is -3.33. The Balaban J connectivity index is 2.90. The maximum atomic E-state index is 12.4. The van der Waals surface area contributed by atoms with Crippen LogP contribution < -0.4 is 10.1 Å². The Hall–Kier alpha value is -1.07. The molecule has 0 saturated carbocycles. The van der Waals surface area contributed by atoms with Crippen LogP contribution >= 0.6 is 0 Å². The number of ether oxygens (including phenoxy) is 1. The van der Waals surface area contributed by atoms with Crippen molar-refractivity contribution >= 4 is 9.84 Å². The molecular formula is C14H23NO3S. The average Bonchev–Trinajstić information content (AvgIpc) is 2.43. The molecule has 0 aromatic heterocycles. The van der Waals surface area contributed by atoms with Crippen LogP contribution in [0.15, 0.2) is 29.2 Å². The molecule has 0 amide bonds. The maximum Gasteiger partial charge on any atom is 0.183 e. The second-order valence-corrected chi connectivity index (χ2v) is 6.49. The van der Waals surface area contributed by atoms with Crippen molar-refractivity contribution in [2.45, 2.75) is 37.6 Å². The van der Waals surface area contributed by atoms with E-state index < -0.39 is 9.84 Å². The number of hydrogen-bond acceptors (Lipinski definition) is 4. The van der Waals surface area contributed by atoms with Crippen LogP contribution in [0.3, 0.4) is 0 Å². The van der Waals surface area contributed by atoms with E-state index in [0.717, 1.165) is 19.4 Å². The van der Waals surface area contributed by atoms with Crippen molar-refractivity contribution in [2.75, 3.05) is 19.4 Å². The van der Waals surface area contributed by atoms with Gasteiger partial charge in [-0.2, -0.15) is 0 Å². The second kappa shape index (κ2) is 7.50. The van der Waals surface area contributed by atoms with Gasteiger partial charge in [-0.15, -0.1) is 0 Å². The average molecular weight is 285 g/mol. The molecule has 0 aliphatic heterocycles. The fourth-order valence-electron chi connectivity index (χ4n) is 1.90. The highest BCUT2D eigenvalue weighted by molar-refractivity contribution is 7.91. The van der Waals surface area contributed by atoms with Crippen molar-refractivity contribution in [3.63, 3.8) is 0 Å². The third-order valence-corrected chi connectivity index (χ3v) is 4.85. The summed E-state index contributed by atoms with van der Waals surface area (Å²) < 4.78 is 30.0. The van der Waals surface area contributed by atoms with E-state index in [1.165, 1.54) is 7.11 Å². The summed E-state index contributed by atoms with van der Waals surface area (Å²) in [5.41, 5.74) is 0. The van der Waals surface area contributed by atoms with Gasteiger partial charge >= 0.3 is 0 Å². The van der Waals surface area contributed by atoms with Gasteiger partial charge in [0.1, 0.15) is 10.6 Å². The van der Waals surface area contributed by atoms with Crippen LogP contribution in [0.25, 0.3) is 0 Å². The molecule has 0 saturated heterocycles. The zero-order chi connectivity index (χ0) is 14.3. The van der Waals surface area contributed by atoms with Crippen molar-refractivity contribution in [3.8, 4) is 5.75 Å². The molecule has 19 heavy (non-hydrogen) atoms. The predicted molar refractivity (Wildman–Crippen MR) is 77.4 cm³/mol. The number of methoxy groups -OCH3 is 1. The van der Waals surface area contributed by atoms with E-state index in [0.29, 0.717) is 5.75 Å². The highest BCUT2D eigenvalue weighted by Gasteiger charge is 2.22. The van der Waals surface area contributed by atoms with Gasteiger partial charge < -0.3 is 10.1 Å². The Morgan fingerprint density at radius 2 is 1.95 bits per heavy atom. The topological polar surface area (TPSA) is 55.4 Å². The van der Waals surface area contributed by atoms with Crippen LogP contribution in [-0.4, -0.2) is 33.9 Å². The van der Waals surface area contributed by atoms with E-state index in [9.17, 15) is 8.42 Å². The van der Waals surface area contributed by atoms with Crippen molar-refractivity contribution in [1.82, 2.24) is 5.32 Å². The Bertz CT molecular complexity index is 485. The van der Waals surface area contributed by atoms with E-state index in [1.54, 1.807) is 24.3 Å². The van der Waals surface area contributed by atoms with Gasteiger partial charge in [0.05, 0.1) is 12.9 Å². The molecule has 0 fully saturated rings. The molecule has 1 N–H and O–H groups in total. The van der Waals surface area contributed by atoms with Crippen LogP contribution in [0.2, 0.25) is 0 Å². The standard InChI is InChI=1S/C14H23NO3S/c1-4-10-15-12(5-2)11-19(16,17)14-9-7-6-8-13(14)18-3/h6-9,12,15H,4-5,10-11H2,1-3H3. The molecule has 0 bridgehead atoms. The smallest absolute Gasteiger partial charge is 0.183 e. The third-order valence-electron chi connectivity index (χ3n) is 3.00. The summed E-state index contributed by atoms with van der Waals surface area (Å²) in [7, 11) is -1.85. The maximum absolute atomic E-state index is 12.4. The molecule has 1 aromatic rings. The Labute approximate surface area is 116 Å². The van der Waals surface area contributed by atoms with Gasteiger partial charge in [0, 0.05) is 6.04 Å². The lowest BCUT2D eigenvalue weighted by Crippen LogP contribution is -2.35. The summed E-state index contributed by atoms with van der Waals surface area (Å²) in [6.45, 7) is 4.89. The second-order valence-electron chi connectivity index (χ2n) is 4.49. The van der Waals surface area contributed by atoms with Crippen LogP contribution in [-0.2, 0) is 9.84 Å². The molecule has 0 radical (unpaired) electrons. The molecule has 1 atom stereocenters. The number of benzene rings is 1. The van der Waals surface area contributed by atoms with Gasteiger partial charge in [-0.25, -0.2) is 8.42 Å². The normalized spacial score (nSPS) is 13.2. The van der Waals surface area contributed by atoms with Gasteiger partial charge in [-0.05, 0) is 31.5 Å². The van der Waals surface area contributed by atoms with Gasteiger partial charge in [0.25, 0.3) is 0 Å². The van der Waals surface area contributed by atoms with Crippen LogP contribution in [0.5, 0.6) is 5.75 Å². The third kappa shape index (κ3) is 4.51. The Morgan fingerprint density at radius 3 is 2.53 bits per heavy atom. The van der Waals surface area contributed by atoms with Crippen LogP contribution in [0, 0.1) is 0 Å². The van der Waals surface area contributed by atoms with Gasteiger partial charge in [0.2, 0.25) is 0 Å². The van der Waals surface area contributed by atoms with Gasteiger partial charge in [-0.3, -0.25) is 0 Å². The van der Waals surface area contributed by atoms with Gasteiger partial charge in [-0.1, -0.05) is 26.0 Å². The Morgan fingerprint density at radius 1 is 1.26 bits per heavy atom. The molecule has 4 nitrogen and oxygen atoms in total. The largest absolute Gasteiger partial charge is 0.495 e. The molecule has 0 heterocycles. The fourth-order valence-corrected chi connectivity index (χ4v) is 3.71.